The van der Waals surface area contributed by atoms with Crippen LogP contribution in [0.4, 0.5) is 0 Å². The number of aryl methyl sites for hydroxylation is 1. The third kappa shape index (κ3) is 2.53. The number of aromatic nitrogens is 3. The van der Waals surface area contributed by atoms with Gasteiger partial charge < -0.3 is 4.98 Å². The minimum atomic E-state index is 0.386. The highest BCUT2D eigenvalue weighted by Gasteiger charge is 2.27. The summed E-state index contributed by atoms with van der Waals surface area (Å²) in [6.07, 6.45) is 5.93. The van der Waals surface area contributed by atoms with E-state index in [1.807, 2.05) is 12.4 Å². The highest BCUT2D eigenvalue weighted by Crippen LogP contribution is 2.34. The monoisotopic (exact) mass is 306 g/mol. The zero-order valence-corrected chi connectivity index (χ0v) is 13.7. The molecule has 3 aromatic rings. The number of hydrogen-bond acceptors (Lipinski definition) is 3. The summed E-state index contributed by atoms with van der Waals surface area (Å²) in [5.41, 5.74) is 5.29. The van der Waals surface area contributed by atoms with Gasteiger partial charge in [-0.15, -0.1) is 0 Å². The molecule has 0 radical (unpaired) electrons. The summed E-state index contributed by atoms with van der Waals surface area (Å²) >= 11 is 0. The molecule has 4 nitrogen and oxygen atoms in total. The number of nitrogens with one attached hydrogen (secondary N) is 1. The highest BCUT2D eigenvalue weighted by molar-refractivity contribution is 5.85. The van der Waals surface area contributed by atoms with Crippen LogP contribution in [-0.2, 0) is 19.4 Å². The molecule has 3 heterocycles. The lowest BCUT2D eigenvalue weighted by atomic mass is 9.98. The number of para-hydroxylation sites is 1. The van der Waals surface area contributed by atoms with Gasteiger partial charge in [-0.3, -0.25) is 4.90 Å². The Bertz CT molecular complexity index is 819. The minimum Gasteiger partial charge on any atom is -0.357 e. The second-order valence-corrected chi connectivity index (χ2v) is 6.32. The standard InChI is InChI=1S/C19H22N4/c1-3-18-20-10-14(11-21-18)12-23-9-8-16-15-6-4-5-7-17(15)22-19(16)13(23)2/h4-7,10-11,13,22H,3,8-9,12H2,1-2H3/t13-/m0/s1. The molecule has 1 aliphatic rings. The first-order valence-electron chi connectivity index (χ1n) is 8.39. The van der Waals surface area contributed by atoms with Gasteiger partial charge in [0.15, 0.2) is 0 Å². The number of rotatable bonds is 3. The second-order valence-electron chi connectivity index (χ2n) is 6.32. The summed E-state index contributed by atoms with van der Waals surface area (Å²) in [6, 6.07) is 9.00. The SMILES string of the molecule is CCc1ncc(CN2CCc3c([nH]c4ccccc34)[C@@H]2C)cn1. The van der Waals surface area contributed by atoms with E-state index < -0.39 is 0 Å². The van der Waals surface area contributed by atoms with Crippen molar-refractivity contribution in [3.05, 3.63) is 59.3 Å². The molecule has 0 saturated heterocycles. The molecule has 0 bridgehead atoms. The lowest BCUT2D eigenvalue weighted by molar-refractivity contribution is 0.186. The maximum Gasteiger partial charge on any atom is 0.127 e. The average Bonchev–Trinajstić information content (AvgIpc) is 2.98. The summed E-state index contributed by atoms with van der Waals surface area (Å²) in [6.45, 7) is 6.35. The van der Waals surface area contributed by atoms with Gasteiger partial charge in [-0.25, -0.2) is 9.97 Å². The Morgan fingerprint density at radius 1 is 1.22 bits per heavy atom. The smallest absolute Gasteiger partial charge is 0.127 e. The fourth-order valence-corrected chi connectivity index (χ4v) is 3.57. The first-order valence-corrected chi connectivity index (χ1v) is 8.39. The maximum atomic E-state index is 4.42. The number of nitrogens with zero attached hydrogens (tertiary/aromatic N) is 3. The fourth-order valence-electron chi connectivity index (χ4n) is 3.57. The van der Waals surface area contributed by atoms with Crippen molar-refractivity contribution in [1.82, 2.24) is 19.9 Å². The molecule has 2 aromatic heterocycles. The number of aromatic amines is 1. The fraction of sp³-hybridized carbons (Fsp3) is 0.368. The van der Waals surface area contributed by atoms with E-state index in [0.29, 0.717) is 6.04 Å². The largest absolute Gasteiger partial charge is 0.357 e. The number of H-pyrrole nitrogens is 1. The van der Waals surface area contributed by atoms with Crippen molar-refractivity contribution < 1.29 is 0 Å². The van der Waals surface area contributed by atoms with E-state index in [1.165, 1.54) is 27.7 Å². The molecule has 0 unspecified atom stereocenters. The summed E-state index contributed by atoms with van der Waals surface area (Å²) < 4.78 is 0. The molecule has 4 heteroatoms. The number of benzene rings is 1. The van der Waals surface area contributed by atoms with Crippen LogP contribution in [0.2, 0.25) is 0 Å². The predicted octanol–water partition coefficient (Wildman–Crippen LogP) is 3.64. The normalized spacial score (nSPS) is 18.3. The minimum absolute atomic E-state index is 0.386. The van der Waals surface area contributed by atoms with Crippen LogP contribution >= 0.6 is 0 Å². The van der Waals surface area contributed by atoms with E-state index in [1.54, 1.807) is 0 Å². The molecule has 4 rings (SSSR count). The van der Waals surface area contributed by atoms with Crippen molar-refractivity contribution in [2.45, 2.75) is 39.3 Å². The topological polar surface area (TPSA) is 44.8 Å². The molecule has 0 saturated carbocycles. The summed E-state index contributed by atoms with van der Waals surface area (Å²) in [4.78, 5) is 15.0. The Morgan fingerprint density at radius 3 is 2.78 bits per heavy atom. The van der Waals surface area contributed by atoms with Gasteiger partial charge in [0.1, 0.15) is 5.82 Å². The summed E-state index contributed by atoms with van der Waals surface area (Å²) in [7, 11) is 0. The van der Waals surface area contributed by atoms with Gasteiger partial charge in [-0.05, 0) is 25.0 Å². The van der Waals surface area contributed by atoms with Crippen molar-refractivity contribution in [2.75, 3.05) is 6.54 Å². The maximum absolute atomic E-state index is 4.42. The van der Waals surface area contributed by atoms with Crippen LogP contribution in [0.5, 0.6) is 0 Å². The molecule has 0 amide bonds. The molecule has 1 aromatic carbocycles. The van der Waals surface area contributed by atoms with Crippen LogP contribution in [0, 0.1) is 0 Å². The van der Waals surface area contributed by atoms with Gasteiger partial charge >= 0.3 is 0 Å². The quantitative estimate of drug-likeness (QED) is 0.803. The van der Waals surface area contributed by atoms with E-state index in [9.17, 15) is 0 Å². The van der Waals surface area contributed by atoms with Gasteiger partial charge in [-0.1, -0.05) is 25.1 Å². The first kappa shape index (κ1) is 14.4. The molecule has 1 atom stereocenters. The Balaban J connectivity index is 1.60. The van der Waals surface area contributed by atoms with Gasteiger partial charge in [0.05, 0.1) is 0 Å². The molecule has 1 N–H and O–H groups in total. The van der Waals surface area contributed by atoms with E-state index in [2.05, 4.69) is 58.0 Å². The lowest BCUT2D eigenvalue weighted by Crippen LogP contribution is -2.33. The molecular weight excluding hydrogens is 284 g/mol. The van der Waals surface area contributed by atoms with Gasteiger partial charge in [-0.2, -0.15) is 0 Å². The highest BCUT2D eigenvalue weighted by atomic mass is 15.2. The van der Waals surface area contributed by atoms with Crippen LogP contribution in [0.3, 0.4) is 0 Å². The zero-order chi connectivity index (χ0) is 15.8. The molecular formula is C19H22N4. The van der Waals surface area contributed by atoms with E-state index in [4.69, 9.17) is 0 Å². The van der Waals surface area contributed by atoms with Crippen molar-refractivity contribution >= 4 is 10.9 Å². The third-order valence-electron chi connectivity index (χ3n) is 4.92. The van der Waals surface area contributed by atoms with Crippen LogP contribution in [-0.4, -0.2) is 26.4 Å². The van der Waals surface area contributed by atoms with E-state index in [-0.39, 0.29) is 0 Å². The molecule has 23 heavy (non-hydrogen) atoms. The van der Waals surface area contributed by atoms with Crippen LogP contribution in [0.1, 0.15) is 42.5 Å². The van der Waals surface area contributed by atoms with Crippen molar-refractivity contribution in [3.63, 3.8) is 0 Å². The van der Waals surface area contributed by atoms with Gasteiger partial charge in [0.2, 0.25) is 0 Å². The average molecular weight is 306 g/mol. The van der Waals surface area contributed by atoms with E-state index in [0.717, 1.165) is 31.8 Å². The lowest BCUT2D eigenvalue weighted by Gasteiger charge is -2.33. The van der Waals surface area contributed by atoms with Crippen molar-refractivity contribution in [1.29, 1.82) is 0 Å². The van der Waals surface area contributed by atoms with Crippen LogP contribution in [0.25, 0.3) is 10.9 Å². The molecule has 0 aliphatic carbocycles. The summed E-state index contributed by atoms with van der Waals surface area (Å²) in [5, 5.41) is 1.38. The van der Waals surface area contributed by atoms with Crippen molar-refractivity contribution in [3.8, 4) is 0 Å². The first-order chi connectivity index (χ1) is 11.3. The Labute approximate surface area is 136 Å². The van der Waals surface area contributed by atoms with Gasteiger partial charge in [0.25, 0.3) is 0 Å². The molecule has 1 aliphatic heterocycles. The molecule has 0 fully saturated rings. The molecule has 0 spiro atoms. The third-order valence-corrected chi connectivity index (χ3v) is 4.92. The van der Waals surface area contributed by atoms with E-state index >= 15 is 0 Å². The number of hydrogen-bond donors (Lipinski definition) is 1. The predicted molar refractivity (Wildman–Crippen MR) is 92.2 cm³/mol. The Hall–Kier alpha value is -2.20. The zero-order valence-electron chi connectivity index (χ0n) is 13.7. The Kier molecular flexibility index (Phi) is 3.62. The number of fused-ring (bicyclic) bond motifs is 3. The molecule has 118 valence electrons. The van der Waals surface area contributed by atoms with Crippen molar-refractivity contribution in [2.24, 2.45) is 0 Å². The second kappa shape index (κ2) is 5.78. The van der Waals surface area contributed by atoms with Crippen LogP contribution < -0.4 is 0 Å². The van der Waals surface area contributed by atoms with Gasteiger partial charge in [0, 0.05) is 60.1 Å². The summed E-state index contributed by atoms with van der Waals surface area (Å²) in [5.74, 6) is 0.915. The van der Waals surface area contributed by atoms with Crippen LogP contribution in [0.15, 0.2) is 36.7 Å². The Morgan fingerprint density at radius 2 is 2.00 bits per heavy atom.